The van der Waals surface area contributed by atoms with Gasteiger partial charge in [0.15, 0.2) is 5.82 Å². The molecule has 0 spiro atoms. The first kappa shape index (κ1) is 13.3. The van der Waals surface area contributed by atoms with Gasteiger partial charge in [0.25, 0.3) is 5.56 Å². The van der Waals surface area contributed by atoms with Crippen LogP contribution < -0.4 is 10.9 Å². The van der Waals surface area contributed by atoms with Crippen LogP contribution >= 0.6 is 0 Å². The normalized spacial score (nSPS) is 32.3. The summed E-state index contributed by atoms with van der Waals surface area (Å²) in [4.78, 5) is 19.1. The zero-order valence-corrected chi connectivity index (χ0v) is 12.7. The van der Waals surface area contributed by atoms with Gasteiger partial charge in [-0.2, -0.15) is 0 Å². The highest BCUT2D eigenvalue weighted by Gasteiger charge is 2.38. The standard InChI is InChI=1S/C16H24N4O/c1-19-13-4-5-14(19)9-11(8-13)10-18-15-16(21)20(7-6-17-15)12-2-3-12/h6-7,11-14H,2-5,8-10H2,1H3,(H,17,18). The van der Waals surface area contributed by atoms with E-state index in [2.05, 4.69) is 22.2 Å². The van der Waals surface area contributed by atoms with Crippen LogP contribution in [0.15, 0.2) is 17.2 Å². The Morgan fingerprint density at radius 2 is 1.86 bits per heavy atom. The Hall–Kier alpha value is -1.36. The van der Waals surface area contributed by atoms with E-state index < -0.39 is 0 Å². The van der Waals surface area contributed by atoms with Crippen molar-refractivity contribution in [2.45, 2.75) is 56.7 Å². The second-order valence-electron chi connectivity index (χ2n) is 6.99. The predicted octanol–water partition coefficient (Wildman–Crippen LogP) is 1.86. The topological polar surface area (TPSA) is 50.2 Å². The van der Waals surface area contributed by atoms with Crippen molar-refractivity contribution in [2.24, 2.45) is 5.92 Å². The van der Waals surface area contributed by atoms with E-state index in [0.29, 0.717) is 17.8 Å². The fraction of sp³-hybridized carbons (Fsp3) is 0.750. The Bertz CT molecular complexity index is 566. The van der Waals surface area contributed by atoms with Crippen molar-refractivity contribution in [1.82, 2.24) is 14.5 Å². The lowest BCUT2D eigenvalue weighted by Crippen LogP contribution is -2.41. The molecule has 1 saturated carbocycles. The van der Waals surface area contributed by atoms with Crippen LogP contribution in [0.25, 0.3) is 0 Å². The largest absolute Gasteiger partial charge is 0.365 e. The number of hydrogen-bond donors (Lipinski definition) is 1. The average molecular weight is 288 g/mol. The maximum absolute atomic E-state index is 12.3. The van der Waals surface area contributed by atoms with Gasteiger partial charge in [-0.25, -0.2) is 4.98 Å². The van der Waals surface area contributed by atoms with Crippen LogP contribution in [-0.2, 0) is 0 Å². The predicted molar refractivity (Wildman–Crippen MR) is 82.6 cm³/mol. The monoisotopic (exact) mass is 288 g/mol. The number of fused-ring (bicyclic) bond motifs is 2. The van der Waals surface area contributed by atoms with E-state index in [0.717, 1.165) is 31.5 Å². The highest BCUT2D eigenvalue weighted by atomic mass is 16.1. The van der Waals surface area contributed by atoms with Crippen LogP contribution in [0.5, 0.6) is 0 Å². The molecule has 114 valence electrons. The van der Waals surface area contributed by atoms with E-state index in [4.69, 9.17) is 0 Å². The van der Waals surface area contributed by atoms with Gasteiger partial charge in [0.2, 0.25) is 0 Å². The molecule has 1 aromatic rings. The number of nitrogens with one attached hydrogen (secondary N) is 1. The fourth-order valence-electron chi connectivity index (χ4n) is 4.12. The van der Waals surface area contributed by atoms with Crippen molar-refractivity contribution < 1.29 is 0 Å². The summed E-state index contributed by atoms with van der Waals surface area (Å²) >= 11 is 0. The molecule has 1 aliphatic carbocycles. The number of hydrogen-bond acceptors (Lipinski definition) is 4. The molecule has 2 aliphatic heterocycles. The summed E-state index contributed by atoms with van der Waals surface area (Å²) in [6.07, 6.45) is 11.0. The van der Waals surface area contributed by atoms with Crippen molar-refractivity contribution in [3.05, 3.63) is 22.7 Å². The Morgan fingerprint density at radius 1 is 1.19 bits per heavy atom. The van der Waals surface area contributed by atoms with E-state index >= 15 is 0 Å². The first-order valence-electron chi connectivity index (χ1n) is 8.25. The number of nitrogens with zero attached hydrogens (tertiary/aromatic N) is 3. The molecule has 4 rings (SSSR count). The molecule has 2 bridgehead atoms. The number of rotatable bonds is 4. The van der Waals surface area contributed by atoms with Crippen LogP contribution in [0.4, 0.5) is 5.82 Å². The number of piperidine rings is 1. The number of anilines is 1. The van der Waals surface area contributed by atoms with E-state index in [1.165, 1.54) is 25.7 Å². The molecule has 3 fully saturated rings. The van der Waals surface area contributed by atoms with Gasteiger partial charge in [0.05, 0.1) is 0 Å². The molecule has 21 heavy (non-hydrogen) atoms. The SMILES string of the molecule is CN1C2CCC1CC(CNc1nccn(C3CC3)c1=O)C2. The molecule has 5 heteroatoms. The number of aromatic nitrogens is 2. The zero-order chi connectivity index (χ0) is 14.4. The highest BCUT2D eigenvalue weighted by Crippen LogP contribution is 2.37. The summed E-state index contributed by atoms with van der Waals surface area (Å²) in [7, 11) is 2.26. The molecule has 5 nitrogen and oxygen atoms in total. The van der Waals surface area contributed by atoms with E-state index in [1.54, 1.807) is 6.20 Å². The first-order valence-corrected chi connectivity index (χ1v) is 8.25. The van der Waals surface area contributed by atoms with Gasteiger partial charge in [-0.3, -0.25) is 4.79 Å². The minimum Gasteiger partial charge on any atom is -0.365 e. The molecule has 0 aromatic carbocycles. The molecule has 2 atom stereocenters. The van der Waals surface area contributed by atoms with Gasteiger partial charge in [0.1, 0.15) is 0 Å². The molecule has 3 heterocycles. The van der Waals surface area contributed by atoms with E-state index in [1.807, 2.05) is 10.8 Å². The van der Waals surface area contributed by atoms with Crippen LogP contribution in [0.3, 0.4) is 0 Å². The summed E-state index contributed by atoms with van der Waals surface area (Å²) in [6, 6.07) is 1.92. The summed E-state index contributed by atoms with van der Waals surface area (Å²) in [6.45, 7) is 0.887. The maximum atomic E-state index is 12.3. The van der Waals surface area contributed by atoms with Gasteiger partial charge in [-0.15, -0.1) is 0 Å². The van der Waals surface area contributed by atoms with Crippen molar-refractivity contribution in [1.29, 1.82) is 0 Å². The molecule has 2 saturated heterocycles. The van der Waals surface area contributed by atoms with Crippen molar-refractivity contribution in [3.8, 4) is 0 Å². The fourth-order valence-corrected chi connectivity index (χ4v) is 4.12. The van der Waals surface area contributed by atoms with Gasteiger partial charge in [0, 0.05) is 37.1 Å². The molecular formula is C16H24N4O. The maximum Gasteiger partial charge on any atom is 0.293 e. The van der Waals surface area contributed by atoms with Crippen LogP contribution in [0.1, 0.15) is 44.6 Å². The Kier molecular flexibility index (Phi) is 3.25. The first-order chi connectivity index (χ1) is 10.2. The molecule has 1 aromatic heterocycles. The quantitative estimate of drug-likeness (QED) is 0.919. The van der Waals surface area contributed by atoms with Crippen LogP contribution in [0.2, 0.25) is 0 Å². The second-order valence-corrected chi connectivity index (χ2v) is 6.99. The van der Waals surface area contributed by atoms with Crippen molar-refractivity contribution >= 4 is 5.82 Å². The molecule has 0 radical (unpaired) electrons. The van der Waals surface area contributed by atoms with Gasteiger partial charge in [-0.1, -0.05) is 0 Å². The third kappa shape index (κ3) is 2.48. The van der Waals surface area contributed by atoms with E-state index in [-0.39, 0.29) is 5.56 Å². The molecular weight excluding hydrogens is 264 g/mol. The highest BCUT2D eigenvalue weighted by molar-refractivity contribution is 5.31. The second kappa shape index (κ2) is 5.13. The summed E-state index contributed by atoms with van der Waals surface area (Å²) < 4.78 is 1.84. The van der Waals surface area contributed by atoms with Gasteiger partial charge in [-0.05, 0) is 51.5 Å². The van der Waals surface area contributed by atoms with Crippen molar-refractivity contribution in [3.63, 3.8) is 0 Å². The third-order valence-electron chi connectivity index (χ3n) is 5.56. The van der Waals surface area contributed by atoms with Crippen LogP contribution in [0, 0.1) is 5.92 Å². The van der Waals surface area contributed by atoms with E-state index in [9.17, 15) is 4.79 Å². The minimum atomic E-state index is 0.0518. The Balaban J connectivity index is 1.41. The zero-order valence-electron chi connectivity index (χ0n) is 12.7. The minimum absolute atomic E-state index is 0.0518. The lowest BCUT2D eigenvalue weighted by Gasteiger charge is -2.36. The van der Waals surface area contributed by atoms with Gasteiger partial charge < -0.3 is 14.8 Å². The molecule has 1 N–H and O–H groups in total. The lowest BCUT2D eigenvalue weighted by molar-refractivity contribution is 0.139. The summed E-state index contributed by atoms with van der Waals surface area (Å²) in [5, 5.41) is 3.33. The average Bonchev–Trinajstić information content (AvgIpc) is 3.28. The summed E-state index contributed by atoms with van der Waals surface area (Å²) in [5.41, 5.74) is 0.0518. The Labute approximate surface area is 125 Å². The summed E-state index contributed by atoms with van der Waals surface area (Å²) in [5.74, 6) is 1.21. The lowest BCUT2D eigenvalue weighted by atomic mass is 9.91. The van der Waals surface area contributed by atoms with Crippen LogP contribution in [-0.4, -0.2) is 40.1 Å². The molecule has 2 unspecified atom stereocenters. The Morgan fingerprint density at radius 3 is 2.52 bits per heavy atom. The van der Waals surface area contributed by atoms with Crippen molar-refractivity contribution in [2.75, 3.05) is 18.9 Å². The molecule has 0 amide bonds. The smallest absolute Gasteiger partial charge is 0.293 e. The van der Waals surface area contributed by atoms with Gasteiger partial charge >= 0.3 is 0 Å². The third-order valence-corrected chi connectivity index (χ3v) is 5.56. The molecule has 3 aliphatic rings.